The molecule has 0 saturated carbocycles. The van der Waals surface area contributed by atoms with Crippen molar-refractivity contribution in [1.82, 2.24) is 10.6 Å². The van der Waals surface area contributed by atoms with E-state index in [1.165, 1.54) is 0 Å². The molecule has 1 aromatic rings. The van der Waals surface area contributed by atoms with Gasteiger partial charge in [0.2, 0.25) is 0 Å². The smallest absolute Gasteiger partial charge is 0.338 e. The van der Waals surface area contributed by atoms with Gasteiger partial charge in [0.25, 0.3) is 0 Å². The lowest BCUT2D eigenvalue weighted by atomic mass is 9.95. The molecule has 0 radical (unpaired) electrons. The third kappa shape index (κ3) is 3.88. The summed E-state index contributed by atoms with van der Waals surface area (Å²) in [6.45, 7) is 5.99. The Morgan fingerprint density at radius 2 is 2.14 bits per heavy atom. The van der Waals surface area contributed by atoms with Crippen molar-refractivity contribution in [2.24, 2.45) is 5.92 Å². The van der Waals surface area contributed by atoms with Crippen molar-refractivity contribution >= 4 is 27.9 Å². The highest BCUT2D eigenvalue weighted by Gasteiger charge is 2.32. The number of benzene rings is 1. The van der Waals surface area contributed by atoms with E-state index in [0.29, 0.717) is 17.9 Å². The van der Waals surface area contributed by atoms with E-state index < -0.39 is 12.0 Å². The Hall–Kier alpha value is -1.82. The van der Waals surface area contributed by atoms with Crippen molar-refractivity contribution in [2.75, 3.05) is 6.61 Å². The summed E-state index contributed by atoms with van der Waals surface area (Å²) in [4.78, 5) is 24.2. The van der Waals surface area contributed by atoms with Crippen LogP contribution in [-0.4, -0.2) is 18.6 Å². The van der Waals surface area contributed by atoms with Gasteiger partial charge in [0.05, 0.1) is 18.2 Å². The Morgan fingerprint density at radius 3 is 2.77 bits per heavy atom. The normalized spacial score (nSPS) is 18.0. The van der Waals surface area contributed by atoms with Gasteiger partial charge in [-0.2, -0.15) is 0 Å². The number of halogens is 1. The van der Waals surface area contributed by atoms with Gasteiger partial charge in [0.1, 0.15) is 0 Å². The molecule has 0 unspecified atom stereocenters. The summed E-state index contributed by atoms with van der Waals surface area (Å²) in [5.41, 5.74) is 1.76. The third-order valence-electron chi connectivity index (χ3n) is 3.22. The van der Waals surface area contributed by atoms with E-state index in [-0.39, 0.29) is 11.9 Å². The molecule has 6 heteroatoms. The van der Waals surface area contributed by atoms with Gasteiger partial charge in [-0.1, -0.05) is 41.9 Å². The monoisotopic (exact) mass is 366 g/mol. The van der Waals surface area contributed by atoms with E-state index in [9.17, 15) is 9.59 Å². The predicted molar refractivity (Wildman–Crippen MR) is 87.0 cm³/mol. The van der Waals surface area contributed by atoms with E-state index in [2.05, 4.69) is 26.6 Å². The number of allylic oxidation sites excluding steroid dienone is 1. The fourth-order valence-corrected chi connectivity index (χ4v) is 2.64. The van der Waals surface area contributed by atoms with Crippen molar-refractivity contribution in [3.63, 3.8) is 0 Å². The Bertz CT molecular complexity index is 626. The van der Waals surface area contributed by atoms with Crippen LogP contribution in [0.2, 0.25) is 0 Å². The van der Waals surface area contributed by atoms with Crippen LogP contribution in [-0.2, 0) is 9.53 Å². The van der Waals surface area contributed by atoms with Gasteiger partial charge in [0, 0.05) is 10.2 Å². The molecule has 0 aliphatic carbocycles. The zero-order valence-corrected chi connectivity index (χ0v) is 14.4. The van der Waals surface area contributed by atoms with Gasteiger partial charge < -0.3 is 15.4 Å². The molecule has 118 valence electrons. The molecule has 5 nitrogen and oxygen atoms in total. The molecule has 1 heterocycles. The quantitative estimate of drug-likeness (QED) is 0.803. The van der Waals surface area contributed by atoms with Crippen LogP contribution >= 0.6 is 15.9 Å². The molecule has 2 rings (SSSR count). The first-order chi connectivity index (χ1) is 10.4. The highest BCUT2D eigenvalue weighted by atomic mass is 79.9. The second-order valence-corrected chi connectivity index (χ2v) is 6.53. The molecule has 2 N–H and O–H groups in total. The number of hydrogen-bond donors (Lipinski definition) is 2. The summed E-state index contributed by atoms with van der Waals surface area (Å²) in [6.07, 6.45) is 0. The molecule has 0 fully saturated rings. The van der Waals surface area contributed by atoms with Gasteiger partial charge in [-0.25, -0.2) is 9.59 Å². The lowest BCUT2D eigenvalue weighted by molar-refractivity contribution is -0.140. The Morgan fingerprint density at radius 1 is 1.41 bits per heavy atom. The van der Waals surface area contributed by atoms with Crippen molar-refractivity contribution < 1.29 is 14.3 Å². The molecule has 1 aromatic carbocycles. The number of ether oxygens (including phenoxy) is 1. The van der Waals surface area contributed by atoms with Gasteiger partial charge >= 0.3 is 12.0 Å². The third-order valence-corrected chi connectivity index (χ3v) is 3.71. The number of amides is 2. The summed E-state index contributed by atoms with van der Waals surface area (Å²) in [5, 5.41) is 5.41. The van der Waals surface area contributed by atoms with Gasteiger partial charge in [-0.05, 0) is 30.5 Å². The maximum absolute atomic E-state index is 12.4. The maximum Gasteiger partial charge on any atom is 0.338 e. The highest BCUT2D eigenvalue weighted by Crippen LogP contribution is 2.29. The van der Waals surface area contributed by atoms with Crippen LogP contribution < -0.4 is 10.6 Å². The van der Waals surface area contributed by atoms with Crippen LogP contribution in [0, 0.1) is 5.92 Å². The molecule has 0 saturated heterocycles. The Labute approximate surface area is 138 Å². The van der Waals surface area contributed by atoms with E-state index in [4.69, 9.17) is 4.74 Å². The van der Waals surface area contributed by atoms with E-state index in [1.54, 1.807) is 6.92 Å². The van der Waals surface area contributed by atoms with Crippen LogP contribution in [0.15, 0.2) is 40.0 Å². The lowest BCUT2D eigenvalue weighted by Crippen LogP contribution is -2.45. The fourth-order valence-electron chi connectivity index (χ4n) is 2.22. The van der Waals surface area contributed by atoms with E-state index in [1.807, 2.05) is 38.1 Å². The molecule has 1 aliphatic rings. The Kier molecular flexibility index (Phi) is 5.24. The first kappa shape index (κ1) is 16.5. The summed E-state index contributed by atoms with van der Waals surface area (Å²) >= 11 is 3.41. The van der Waals surface area contributed by atoms with Crippen molar-refractivity contribution in [3.8, 4) is 0 Å². The number of carbonyl (C=O) groups excluding carboxylic acids is 2. The lowest BCUT2D eigenvalue weighted by Gasteiger charge is -2.28. The van der Waals surface area contributed by atoms with Crippen LogP contribution in [0.5, 0.6) is 0 Å². The summed E-state index contributed by atoms with van der Waals surface area (Å²) in [6, 6.07) is 6.64. The van der Waals surface area contributed by atoms with E-state index >= 15 is 0 Å². The average molecular weight is 367 g/mol. The number of esters is 1. The number of hydrogen-bond acceptors (Lipinski definition) is 3. The molecular formula is C16H19BrN2O3. The number of carbonyl (C=O) groups is 2. The van der Waals surface area contributed by atoms with Crippen molar-refractivity contribution in [2.45, 2.75) is 26.8 Å². The predicted octanol–water partition coefficient (Wildman–Crippen LogP) is 3.28. The van der Waals surface area contributed by atoms with Crippen molar-refractivity contribution in [1.29, 1.82) is 0 Å². The molecule has 0 bridgehead atoms. The Balaban J connectivity index is 2.34. The molecule has 1 aliphatic heterocycles. The molecule has 1 atom stereocenters. The second kappa shape index (κ2) is 6.96. The first-order valence-corrected chi connectivity index (χ1v) is 7.88. The van der Waals surface area contributed by atoms with Crippen LogP contribution in [0.1, 0.15) is 32.4 Å². The topological polar surface area (TPSA) is 67.4 Å². The second-order valence-electron chi connectivity index (χ2n) is 5.62. The standard InChI is InChI=1S/C16H19BrN2O3/c1-9(2)8-22-15(20)13-10(3)18-16(21)19-14(13)11-5-4-6-12(17)7-11/h4-7,9,14H,8H2,1-3H3,(H2,18,19,21)/t14-/m1/s1. The van der Waals surface area contributed by atoms with Crippen molar-refractivity contribution in [3.05, 3.63) is 45.6 Å². The SMILES string of the molecule is CC1=C(C(=O)OCC(C)C)[C@@H](c2cccc(Br)c2)NC(=O)N1. The molecule has 0 aromatic heterocycles. The van der Waals surface area contributed by atoms with Gasteiger partial charge in [-0.15, -0.1) is 0 Å². The molecular weight excluding hydrogens is 348 g/mol. The minimum absolute atomic E-state index is 0.250. The van der Waals surface area contributed by atoms with Crippen LogP contribution in [0.3, 0.4) is 0 Å². The average Bonchev–Trinajstić information content (AvgIpc) is 2.44. The van der Waals surface area contributed by atoms with Crippen LogP contribution in [0.25, 0.3) is 0 Å². The minimum Gasteiger partial charge on any atom is -0.462 e. The fraction of sp³-hybridized carbons (Fsp3) is 0.375. The molecule has 0 spiro atoms. The van der Waals surface area contributed by atoms with Gasteiger partial charge in [-0.3, -0.25) is 0 Å². The summed E-state index contributed by atoms with van der Waals surface area (Å²) in [7, 11) is 0. The summed E-state index contributed by atoms with van der Waals surface area (Å²) in [5.74, 6) is -0.163. The number of urea groups is 1. The zero-order valence-electron chi connectivity index (χ0n) is 12.8. The van der Waals surface area contributed by atoms with Gasteiger partial charge in [0.15, 0.2) is 0 Å². The van der Waals surface area contributed by atoms with E-state index in [0.717, 1.165) is 10.0 Å². The summed E-state index contributed by atoms with van der Waals surface area (Å²) < 4.78 is 6.21. The maximum atomic E-state index is 12.4. The minimum atomic E-state index is -0.522. The highest BCUT2D eigenvalue weighted by molar-refractivity contribution is 9.10. The largest absolute Gasteiger partial charge is 0.462 e. The molecule has 2 amide bonds. The number of rotatable bonds is 4. The zero-order chi connectivity index (χ0) is 16.3. The van der Waals surface area contributed by atoms with Crippen LogP contribution in [0.4, 0.5) is 4.79 Å². The number of nitrogens with one attached hydrogen (secondary N) is 2. The molecule has 22 heavy (non-hydrogen) atoms. The first-order valence-electron chi connectivity index (χ1n) is 7.09.